The molecule has 1 saturated heterocycles. The standard InChI is InChI=1S/C37H41BrN4O6/c38-30-8-5-25(6-9-30)23-48-33-4-2-1-3-28(33)22-40-11-13-41(14-12-40)34(44)21-39-35(45)37-19-26-15-27(20-37)18-36(17-26,24-37)29-7-10-32(43)31(16-29)42(46)47/h1-10,16,26-27,43H,11-15,17-24H2,(H,39,45). The predicted octanol–water partition coefficient (Wildman–Crippen LogP) is 5.94. The summed E-state index contributed by atoms with van der Waals surface area (Å²) in [6.45, 7) is 3.83. The van der Waals surface area contributed by atoms with Gasteiger partial charge in [-0.05, 0) is 91.2 Å². The third-order valence-electron chi connectivity index (χ3n) is 11.1. The second-order valence-electron chi connectivity index (χ2n) is 14.3. The number of carbonyl (C=O) groups excluding carboxylic acids is 2. The van der Waals surface area contributed by atoms with Gasteiger partial charge in [-0.15, -0.1) is 0 Å². The summed E-state index contributed by atoms with van der Waals surface area (Å²) in [7, 11) is 0. The molecule has 0 spiro atoms. The number of rotatable bonds is 10. The molecule has 4 saturated carbocycles. The Balaban J connectivity index is 0.930. The number of hydrogen-bond donors (Lipinski definition) is 2. The first-order valence-corrected chi connectivity index (χ1v) is 17.6. The van der Waals surface area contributed by atoms with Crippen LogP contribution in [0.4, 0.5) is 5.69 Å². The Bertz CT molecular complexity index is 1690. The van der Waals surface area contributed by atoms with Crippen LogP contribution in [0.25, 0.3) is 0 Å². The Labute approximate surface area is 288 Å². The van der Waals surface area contributed by atoms with Gasteiger partial charge in [-0.1, -0.05) is 52.3 Å². The lowest BCUT2D eigenvalue weighted by Gasteiger charge is -2.61. The summed E-state index contributed by atoms with van der Waals surface area (Å²) in [4.78, 5) is 42.4. The number of phenolic OH excluding ortho intramolecular Hbond substituents is 1. The van der Waals surface area contributed by atoms with Crippen molar-refractivity contribution >= 4 is 33.4 Å². The number of nitro groups is 1. The Morgan fingerprint density at radius 2 is 1.69 bits per heavy atom. The summed E-state index contributed by atoms with van der Waals surface area (Å²) < 4.78 is 7.21. The van der Waals surface area contributed by atoms with Crippen LogP contribution < -0.4 is 10.1 Å². The Morgan fingerprint density at radius 3 is 2.40 bits per heavy atom. The van der Waals surface area contributed by atoms with E-state index in [1.54, 1.807) is 6.07 Å². The van der Waals surface area contributed by atoms with Crippen LogP contribution in [0.2, 0.25) is 0 Å². The number of nitro benzene ring substituents is 1. The fourth-order valence-corrected chi connectivity index (χ4v) is 9.50. The molecule has 252 valence electrons. The number of ether oxygens (including phenoxy) is 1. The molecule has 3 aromatic carbocycles. The number of halogens is 1. The Kier molecular flexibility index (Phi) is 8.93. The van der Waals surface area contributed by atoms with Gasteiger partial charge in [-0.25, -0.2) is 0 Å². The molecule has 10 nitrogen and oxygen atoms in total. The van der Waals surface area contributed by atoms with E-state index in [0.29, 0.717) is 38.0 Å². The molecular weight excluding hydrogens is 676 g/mol. The number of hydrogen-bond acceptors (Lipinski definition) is 7. The number of nitrogens with one attached hydrogen (secondary N) is 1. The number of nitrogens with zero attached hydrogens (tertiary/aromatic N) is 3. The molecule has 8 rings (SSSR count). The van der Waals surface area contributed by atoms with Crippen molar-refractivity contribution < 1.29 is 24.4 Å². The van der Waals surface area contributed by atoms with Gasteiger partial charge in [-0.2, -0.15) is 0 Å². The largest absolute Gasteiger partial charge is 0.502 e. The molecule has 11 heteroatoms. The fourth-order valence-electron chi connectivity index (χ4n) is 9.23. The van der Waals surface area contributed by atoms with Crippen LogP contribution in [0, 0.1) is 27.4 Å². The molecule has 5 aliphatic rings. The lowest BCUT2D eigenvalue weighted by atomic mass is 9.42. The van der Waals surface area contributed by atoms with Crippen molar-refractivity contribution in [1.29, 1.82) is 0 Å². The van der Waals surface area contributed by atoms with Crippen LogP contribution in [-0.2, 0) is 28.2 Å². The van der Waals surface area contributed by atoms with Crippen LogP contribution in [-0.4, -0.2) is 64.4 Å². The maximum absolute atomic E-state index is 13.9. The van der Waals surface area contributed by atoms with E-state index in [2.05, 4.69) is 32.2 Å². The highest BCUT2D eigenvalue weighted by Gasteiger charge is 2.61. The average molecular weight is 718 g/mol. The molecule has 2 unspecified atom stereocenters. The number of amides is 2. The van der Waals surface area contributed by atoms with Crippen LogP contribution >= 0.6 is 15.9 Å². The average Bonchev–Trinajstić information content (AvgIpc) is 3.07. The van der Waals surface area contributed by atoms with Gasteiger partial charge in [0, 0.05) is 48.8 Å². The monoisotopic (exact) mass is 716 g/mol. The lowest BCUT2D eigenvalue weighted by Crippen LogP contribution is -2.60. The molecule has 2 amide bonds. The quantitative estimate of drug-likeness (QED) is 0.197. The molecule has 0 radical (unpaired) electrons. The summed E-state index contributed by atoms with van der Waals surface area (Å²) in [5, 5.41) is 24.7. The Hall–Kier alpha value is -3.96. The van der Waals surface area contributed by atoms with Crippen LogP contribution in [0.5, 0.6) is 11.5 Å². The normalized spacial score (nSPS) is 26.3. The van der Waals surface area contributed by atoms with Gasteiger partial charge in [0.1, 0.15) is 12.4 Å². The molecule has 0 aromatic heterocycles. The van der Waals surface area contributed by atoms with E-state index in [4.69, 9.17) is 4.74 Å². The van der Waals surface area contributed by atoms with E-state index < -0.39 is 10.3 Å². The SMILES string of the molecule is O=C(CNC(=O)C12CC3CC(C1)CC(c1ccc(O)c([N+](=O)[O-])c1)(C3)C2)N1CCN(Cc2ccccc2OCc2ccc(Br)cc2)CC1. The highest BCUT2D eigenvalue weighted by atomic mass is 79.9. The Morgan fingerprint density at radius 1 is 0.979 bits per heavy atom. The van der Waals surface area contributed by atoms with Crippen molar-refractivity contribution in [2.24, 2.45) is 17.3 Å². The number of phenols is 1. The zero-order valence-electron chi connectivity index (χ0n) is 26.9. The van der Waals surface area contributed by atoms with Crippen molar-refractivity contribution in [1.82, 2.24) is 15.1 Å². The number of para-hydroxylation sites is 1. The number of piperazine rings is 1. The molecule has 3 aromatic rings. The third-order valence-corrected chi connectivity index (χ3v) is 11.7. The molecule has 1 aliphatic heterocycles. The molecule has 2 N–H and O–H groups in total. The topological polar surface area (TPSA) is 125 Å². The first-order chi connectivity index (χ1) is 23.1. The van der Waals surface area contributed by atoms with E-state index >= 15 is 0 Å². The molecule has 1 heterocycles. The second kappa shape index (κ2) is 13.2. The van der Waals surface area contributed by atoms with E-state index in [-0.39, 0.29) is 35.2 Å². The number of benzene rings is 3. The molecule has 5 fully saturated rings. The molecule has 2 atom stereocenters. The summed E-state index contributed by atoms with van der Waals surface area (Å²) in [6.07, 6.45) is 5.05. The van der Waals surface area contributed by atoms with Crippen molar-refractivity contribution in [3.05, 3.63) is 98.0 Å². The highest BCUT2D eigenvalue weighted by Crippen LogP contribution is 2.66. The van der Waals surface area contributed by atoms with E-state index in [1.807, 2.05) is 47.4 Å². The molecule has 4 aliphatic carbocycles. The van der Waals surface area contributed by atoms with Crippen molar-refractivity contribution in [2.45, 2.75) is 57.1 Å². The minimum atomic E-state index is -0.581. The third kappa shape index (κ3) is 6.54. The van der Waals surface area contributed by atoms with Gasteiger partial charge in [0.05, 0.1) is 16.9 Å². The first-order valence-electron chi connectivity index (χ1n) is 16.8. The predicted molar refractivity (Wildman–Crippen MR) is 183 cm³/mol. The van der Waals surface area contributed by atoms with E-state index in [0.717, 1.165) is 78.7 Å². The molecule has 4 bridgehead atoms. The van der Waals surface area contributed by atoms with Gasteiger partial charge in [0.25, 0.3) is 0 Å². The highest BCUT2D eigenvalue weighted by molar-refractivity contribution is 9.10. The van der Waals surface area contributed by atoms with Gasteiger partial charge in [0.15, 0.2) is 5.75 Å². The van der Waals surface area contributed by atoms with Crippen LogP contribution in [0.3, 0.4) is 0 Å². The summed E-state index contributed by atoms with van der Waals surface area (Å²) in [5.74, 6) is 1.11. The zero-order chi connectivity index (χ0) is 33.5. The molecular formula is C37H41BrN4O6. The lowest BCUT2D eigenvalue weighted by molar-refractivity contribution is -0.386. The van der Waals surface area contributed by atoms with Gasteiger partial charge in [0.2, 0.25) is 11.8 Å². The van der Waals surface area contributed by atoms with Crippen molar-refractivity contribution in [3.63, 3.8) is 0 Å². The summed E-state index contributed by atoms with van der Waals surface area (Å²) in [5.41, 5.74) is 1.84. The number of aromatic hydroxyl groups is 1. The maximum Gasteiger partial charge on any atom is 0.310 e. The first kappa shape index (κ1) is 32.6. The fraction of sp³-hybridized carbons (Fsp3) is 0.459. The van der Waals surface area contributed by atoms with Gasteiger partial charge >= 0.3 is 5.69 Å². The van der Waals surface area contributed by atoms with Crippen molar-refractivity contribution in [3.8, 4) is 11.5 Å². The van der Waals surface area contributed by atoms with Crippen LogP contribution in [0.15, 0.2) is 71.2 Å². The second-order valence-corrected chi connectivity index (χ2v) is 15.3. The summed E-state index contributed by atoms with van der Waals surface area (Å²) in [6, 6.07) is 20.9. The number of carbonyl (C=O) groups is 2. The molecule has 48 heavy (non-hydrogen) atoms. The maximum atomic E-state index is 13.9. The van der Waals surface area contributed by atoms with Gasteiger partial charge in [-0.3, -0.25) is 24.6 Å². The zero-order valence-corrected chi connectivity index (χ0v) is 28.5. The summed E-state index contributed by atoms with van der Waals surface area (Å²) >= 11 is 3.47. The minimum absolute atomic E-state index is 0.0275. The van der Waals surface area contributed by atoms with E-state index in [9.17, 15) is 24.8 Å². The van der Waals surface area contributed by atoms with Crippen LogP contribution in [0.1, 0.15) is 55.2 Å². The van der Waals surface area contributed by atoms with E-state index in [1.165, 1.54) is 12.1 Å². The minimum Gasteiger partial charge on any atom is -0.502 e. The smallest absolute Gasteiger partial charge is 0.310 e. The van der Waals surface area contributed by atoms with Crippen molar-refractivity contribution in [2.75, 3.05) is 32.7 Å². The van der Waals surface area contributed by atoms with Gasteiger partial charge < -0.3 is 20.1 Å².